The second-order valence-corrected chi connectivity index (χ2v) is 14.0. The molecule has 0 fully saturated rings. The first-order valence-corrected chi connectivity index (χ1v) is 18.7. The van der Waals surface area contributed by atoms with E-state index in [9.17, 15) is 0 Å². The normalized spacial score (nSPS) is 11.1. The molecule has 0 atom stereocenters. The van der Waals surface area contributed by atoms with Gasteiger partial charge in [0, 0.05) is 12.4 Å². The van der Waals surface area contributed by atoms with Crippen molar-refractivity contribution < 1.29 is 23.3 Å². The minimum atomic E-state index is -1.37. The molecule has 0 saturated carbocycles. The van der Waals surface area contributed by atoms with E-state index in [1.54, 1.807) is 0 Å². The van der Waals surface area contributed by atoms with Crippen molar-refractivity contribution >= 4 is 55.7 Å². The summed E-state index contributed by atoms with van der Waals surface area (Å²) in [5.74, 6) is 0. The van der Waals surface area contributed by atoms with Crippen molar-refractivity contribution in [3.8, 4) is 22.5 Å². The van der Waals surface area contributed by atoms with Gasteiger partial charge in [-0.2, -0.15) is 12.1 Å². The molecule has 2 aromatic carbocycles. The van der Waals surface area contributed by atoms with E-state index >= 15 is 0 Å². The zero-order chi connectivity index (χ0) is 23.8. The molecular weight excluding hydrogens is 607 g/mol. The summed E-state index contributed by atoms with van der Waals surface area (Å²) in [7, 11) is -1.37. The van der Waals surface area contributed by atoms with Crippen LogP contribution < -0.4 is 5.19 Å². The van der Waals surface area contributed by atoms with Crippen molar-refractivity contribution in [1.82, 2.24) is 9.97 Å². The average Bonchev–Trinajstić information content (AvgIpc) is 3.50. The van der Waals surface area contributed by atoms with Crippen LogP contribution in [0.25, 0.3) is 33.3 Å². The van der Waals surface area contributed by atoms with Gasteiger partial charge in [-0.15, -0.1) is 59.3 Å². The third-order valence-corrected chi connectivity index (χ3v) is 7.48. The summed E-state index contributed by atoms with van der Waals surface area (Å²) in [4.78, 5) is 9.13. The van der Waals surface area contributed by atoms with Crippen molar-refractivity contribution in [3.05, 3.63) is 112 Å². The SMILES string of the molecule is CC1=[C-]CC=C1.C[Si](C)(C)c1cc2c(-c3ccccn3)cc(-c3ccccn3)cc2[cH-]1.Cl.Cl.[CH3-].[CH3-].[Si]=[Zr]. The van der Waals surface area contributed by atoms with Gasteiger partial charge in [-0.05, 0) is 35.4 Å². The minimum absolute atomic E-state index is 0. The Morgan fingerprint density at radius 3 is 1.92 bits per heavy atom. The second-order valence-electron chi connectivity index (χ2n) is 8.92. The van der Waals surface area contributed by atoms with E-state index in [1.807, 2.05) is 36.7 Å². The molecule has 0 N–H and O–H groups in total. The fourth-order valence-electron chi connectivity index (χ4n) is 3.68. The molecule has 37 heavy (non-hydrogen) atoms. The van der Waals surface area contributed by atoms with Gasteiger partial charge in [0.25, 0.3) is 0 Å². The summed E-state index contributed by atoms with van der Waals surface area (Å²) < 4.78 is 0. The molecule has 4 aromatic rings. The van der Waals surface area contributed by atoms with Crippen LogP contribution in [0.1, 0.15) is 13.3 Å². The second kappa shape index (κ2) is 17.9. The topological polar surface area (TPSA) is 25.8 Å². The van der Waals surface area contributed by atoms with E-state index in [1.165, 1.54) is 50.4 Å². The van der Waals surface area contributed by atoms with Crippen molar-refractivity contribution in [2.75, 3.05) is 0 Å². The number of hydrogen-bond acceptors (Lipinski definition) is 2. The molecule has 2 nitrogen and oxygen atoms in total. The first kappa shape index (κ1) is 37.7. The average molecular weight is 643 g/mol. The summed E-state index contributed by atoms with van der Waals surface area (Å²) in [6, 6.07) is 21.3. The van der Waals surface area contributed by atoms with Gasteiger partial charge < -0.3 is 14.9 Å². The zero-order valence-electron chi connectivity index (χ0n) is 22.5. The number of pyridine rings is 2. The number of fused-ring (bicyclic) bond motifs is 1. The Hall–Kier alpha value is -1.49. The number of allylic oxidation sites excluding steroid dienone is 4. The van der Waals surface area contributed by atoms with Crippen molar-refractivity contribution in [2.24, 2.45) is 0 Å². The molecule has 196 valence electrons. The van der Waals surface area contributed by atoms with Crippen molar-refractivity contribution in [3.63, 3.8) is 0 Å². The fraction of sp³-hybridized carbons (Fsp3) is 0.167. The Bertz CT molecular complexity index is 1260. The Labute approximate surface area is 254 Å². The van der Waals surface area contributed by atoms with Crippen LogP contribution in [0, 0.1) is 20.9 Å². The van der Waals surface area contributed by atoms with Gasteiger partial charge in [0.2, 0.25) is 0 Å². The van der Waals surface area contributed by atoms with E-state index in [0.29, 0.717) is 0 Å². The third kappa shape index (κ3) is 10.3. The van der Waals surface area contributed by atoms with Gasteiger partial charge >= 0.3 is 30.2 Å². The van der Waals surface area contributed by atoms with E-state index < -0.39 is 8.07 Å². The molecule has 7 heteroatoms. The predicted molar refractivity (Wildman–Crippen MR) is 168 cm³/mol. The van der Waals surface area contributed by atoms with Crippen molar-refractivity contribution in [1.29, 1.82) is 0 Å². The quantitative estimate of drug-likeness (QED) is 0.166. The molecule has 0 bridgehead atoms. The fourth-order valence-corrected chi connectivity index (χ4v) is 4.85. The third-order valence-electron chi connectivity index (χ3n) is 5.46. The first-order chi connectivity index (χ1) is 15.9. The predicted octanol–water partition coefficient (Wildman–Crippen LogP) is 8.28. The van der Waals surface area contributed by atoms with E-state index in [0.717, 1.165) is 23.4 Å². The number of rotatable bonds is 3. The Kier molecular flexibility index (Phi) is 18.2. The number of aromatic nitrogens is 2. The maximum absolute atomic E-state index is 4.60. The number of hydrogen-bond donors (Lipinski definition) is 0. The molecule has 2 heterocycles. The van der Waals surface area contributed by atoms with Crippen LogP contribution in [0.5, 0.6) is 0 Å². The van der Waals surface area contributed by atoms with Crippen LogP contribution in [0.2, 0.25) is 19.6 Å². The van der Waals surface area contributed by atoms with Crippen LogP contribution in [-0.4, -0.2) is 24.9 Å². The molecule has 0 saturated heterocycles. The van der Waals surface area contributed by atoms with Crippen LogP contribution in [0.3, 0.4) is 0 Å². The van der Waals surface area contributed by atoms with Crippen LogP contribution in [0.4, 0.5) is 0 Å². The van der Waals surface area contributed by atoms with E-state index in [-0.39, 0.29) is 39.7 Å². The van der Waals surface area contributed by atoms with Crippen molar-refractivity contribution in [2.45, 2.75) is 33.0 Å². The maximum atomic E-state index is 4.60. The Balaban J connectivity index is 0. The van der Waals surface area contributed by atoms with Crippen LogP contribution >= 0.6 is 24.8 Å². The first-order valence-electron chi connectivity index (χ1n) is 11.0. The Morgan fingerprint density at radius 1 is 0.892 bits per heavy atom. The van der Waals surface area contributed by atoms with Crippen LogP contribution in [-0.2, 0) is 23.3 Å². The summed E-state index contributed by atoms with van der Waals surface area (Å²) in [6.45, 7) is 12.3. The molecule has 0 amide bonds. The molecule has 5 rings (SSSR count). The number of nitrogens with zero attached hydrogens (tertiary/aromatic N) is 2. The van der Waals surface area contributed by atoms with Gasteiger partial charge in [0.15, 0.2) is 0 Å². The standard InChI is InChI=1S/C22H21N2Si.C6H7.2CH3.2ClH.Si.Zr/c1-25(2,3)18-13-16-12-17(21-8-4-6-10-23-21)14-20(19(16)15-18)22-9-5-7-11-24-22;1-6-4-2-3-5-6;;;;;;/h4-15H,1-3H3;2,4H,3H2,1H3;2*1H3;2*1H;;/q4*-1;;;;. The summed E-state index contributed by atoms with van der Waals surface area (Å²) in [6.07, 6.45) is 12.0. The molecule has 2 radical (unpaired) electrons. The molecule has 0 spiro atoms. The molecule has 0 unspecified atom stereocenters. The van der Waals surface area contributed by atoms with E-state index in [2.05, 4.69) is 98.0 Å². The Morgan fingerprint density at radius 2 is 1.49 bits per heavy atom. The van der Waals surface area contributed by atoms with Gasteiger partial charge in [0.1, 0.15) is 0 Å². The monoisotopic (exact) mass is 640 g/mol. The molecular formula is C30H36Cl2N2Si2Zr-4. The number of benzene rings is 1. The molecule has 2 aromatic heterocycles. The zero-order valence-corrected chi connectivity index (χ0v) is 28.6. The number of halogens is 2. The molecule has 1 aliphatic rings. The molecule has 0 aliphatic heterocycles. The van der Waals surface area contributed by atoms with Gasteiger partial charge in [-0.3, -0.25) is 16.0 Å². The van der Waals surface area contributed by atoms with Gasteiger partial charge in [-0.25, -0.2) is 11.6 Å². The summed E-state index contributed by atoms with van der Waals surface area (Å²) in [5.41, 5.74) is 5.61. The summed E-state index contributed by atoms with van der Waals surface area (Å²) in [5, 5.41) is 4.05. The molecule has 1 aliphatic carbocycles. The van der Waals surface area contributed by atoms with Crippen LogP contribution in [0.15, 0.2) is 90.8 Å². The van der Waals surface area contributed by atoms with Gasteiger partial charge in [-0.1, -0.05) is 44.8 Å². The van der Waals surface area contributed by atoms with E-state index in [4.69, 9.17) is 0 Å². The summed E-state index contributed by atoms with van der Waals surface area (Å²) >= 11 is 1.36. The van der Waals surface area contributed by atoms with Gasteiger partial charge in [0.05, 0.1) is 19.5 Å².